The van der Waals surface area contributed by atoms with Crippen LogP contribution in [0.25, 0.3) is 0 Å². The Morgan fingerprint density at radius 2 is 2.14 bits per heavy atom. The quantitative estimate of drug-likeness (QED) is 0.474. The predicted molar refractivity (Wildman–Crippen MR) is 56.3 cm³/mol. The molecule has 6 heteroatoms. The van der Waals surface area contributed by atoms with Gasteiger partial charge in [-0.2, -0.15) is 0 Å². The molecule has 0 aliphatic carbocycles. The minimum Gasteiger partial charge on any atom is -0.396 e. The standard InChI is InChI=1S/C8H20N2O3S/c1-2-8(3-5-11)7-10-4-6-14(9,12)13/h8,10-11H,2-7H2,1H3,(H2,9,12,13). The second-order valence-electron chi connectivity index (χ2n) is 3.36. The van der Waals surface area contributed by atoms with E-state index in [2.05, 4.69) is 5.32 Å². The molecular weight excluding hydrogens is 204 g/mol. The van der Waals surface area contributed by atoms with Gasteiger partial charge in [-0.15, -0.1) is 0 Å². The van der Waals surface area contributed by atoms with E-state index in [1.165, 1.54) is 0 Å². The van der Waals surface area contributed by atoms with E-state index < -0.39 is 10.0 Å². The minimum atomic E-state index is -3.35. The molecule has 5 nitrogen and oxygen atoms in total. The van der Waals surface area contributed by atoms with Crippen LogP contribution in [0.3, 0.4) is 0 Å². The lowest BCUT2D eigenvalue weighted by Crippen LogP contribution is -2.30. The SMILES string of the molecule is CCC(CCO)CNCCS(N)(=O)=O. The first kappa shape index (κ1) is 13.8. The van der Waals surface area contributed by atoms with Crippen molar-refractivity contribution in [1.29, 1.82) is 0 Å². The highest BCUT2D eigenvalue weighted by Gasteiger charge is 2.06. The van der Waals surface area contributed by atoms with Gasteiger partial charge in [0, 0.05) is 13.2 Å². The zero-order chi connectivity index (χ0) is 11.0. The number of nitrogens with one attached hydrogen (secondary N) is 1. The van der Waals surface area contributed by atoms with Gasteiger partial charge in [-0.05, 0) is 18.9 Å². The van der Waals surface area contributed by atoms with E-state index in [1.54, 1.807) is 0 Å². The maximum Gasteiger partial charge on any atom is 0.210 e. The molecule has 0 fully saturated rings. The Hall–Kier alpha value is -0.170. The summed E-state index contributed by atoms with van der Waals surface area (Å²) < 4.78 is 21.1. The second kappa shape index (κ2) is 7.17. The Morgan fingerprint density at radius 1 is 1.50 bits per heavy atom. The molecule has 0 aromatic heterocycles. The van der Waals surface area contributed by atoms with Crippen molar-refractivity contribution in [3.8, 4) is 0 Å². The molecule has 1 unspecified atom stereocenters. The monoisotopic (exact) mass is 224 g/mol. The Kier molecular flexibility index (Phi) is 7.08. The molecule has 0 aromatic carbocycles. The van der Waals surface area contributed by atoms with E-state index in [-0.39, 0.29) is 12.4 Å². The molecule has 14 heavy (non-hydrogen) atoms. The molecule has 0 heterocycles. The first-order valence-electron chi connectivity index (χ1n) is 4.81. The van der Waals surface area contributed by atoms with Crippen molar-refractivity contribution in [1.82, 2.24) is 5.32 Å². The molecule has 0 bridgehead atoms. The third-order valence-corrected chi connectivity index (χ3v) is 2.88. The molecular formula is C8H20N2O3S. The molecule has 0 aliphatic heterocycles. The lowest BCUT2D eigenvalue weighted by molar-refractivity contribution is 0.252. The van der Waals surface area contributed by atoms with E-state index in [4.69, 9.17) is 10.2 Å². The second-order valence-corrected chi connectivity index (χ2v) is 5.09. The lowest BCUT2D eigenvalue weighted by Gasteiger charge is -2.13. The Morgan fingerprint density at radius 3 is 2.57 bits per heavy atom. The van der Waals surface area contributed by atoms with E-state index in [0.29, 0.717) is 12.5 Å². The Bertz CT molecular complexity index is 229. The lowest BCUT2D eigenvalue weighted by atomic mass is 10.0. The Labute approximate surface area is 85.7 Å². The number of hydrogen-bond acceptors (Lipinski definition) is 4. The summed E-state index contributed by atoms with van der Waals surface area (Å²) in [5, 5.41) is 16.6. The molecule has 4 N–H and O–H groups in total. The average molecular weight is 224 g/mol. The Balaban J connectivity index is 3.52. The summed E-state index contributed by atoms with van der Waals surface area (Å²) in [6, 6.07) is 0. The molecule has 0 saturated carbocycles. The van der Waals surface area contributed by atoms with Crippen molar-refractivity contribution < 1.29 is 13.5 Å². The topological polar surface area (TPSA) is 92.4 Å². The summed E-state index contributed by atoms with van der Waals surface area (Å²) in [4.78, 5) is 0. The predicted octanol–water partition coefficient (Wildman–Crippen LogP) is -0.727. The van der Waals surface area contributed by atoms with Crippen LogP contribution in [-0.2, 0) is 10.0 Å². The summed E-state index contributed by atoms with van der Waals surface area (Å²) >= 11 is 0. The summed E-state index contributed by atoms with van der Waals surface area (Å²) in [5.74, 6) is 0.364. The zero-order valence-electron chi connectivity index (χ0n) is 8.57. The molecule has 1 atom stereocenters. The van der Waals surface area contributed by atoms with E-state index in [1.807, 2.05) is 6.92 Å². The average Bonchev–Trinajstić information content (AvgIpc) is 2.08. The number of rotatable bonds is 8. The fourth-order valence-corrected chi connectivity index (χ4v) is 1.58. The van der Waals surface area contributed by atoms with Gasteiger partial charge < -0.3 is 10.4 Å². The highest BCUT2D eigenvalue weighted by atomic mass is 32.2. The van der Waals surface area contributed by atoms with Gasteiger partial charge >= 0.3 is 0 Å². The highest BCUT2D eigenvalue weighted by Crippen LogP contribution is 2.04. The van der Waals surface area contributed by atoms with Crippen LogP contribution >= 0.6 is 0 Å². The van der Waals surface area contributed by atoms with Gasteiger partial charge in [0.2, 0.25) is 10.0 Å². The fraction of sp³-hybridized carbons (Fsp3) is 1.00. The van der Waals surface area contributed by atoms with Crippen LogP contribution in [-0.4, -0.2) is 39.0 Å². The van der Waals surface area contributed by atoms with Gasteiger partial charge in [-0.3, -0.25) is 0 Å². The van der Waals surface area contributed by atoms with E-state index >= 15 is 0 Å². The first-order valence-corrected chi connectivity index (χ1v) is 6.53. The van der Waals surface area contributed by atoms with Crippen LogP contribution in [0.2, 0.25) is 0 Å². The molecule has 0 aliphatic rings. The van der Waals surface area contributed by atoms with Crippen molar-refractivity contribution in [2.24, 2.45) is 11.1 Å². The summed E-state index contributed by atoms with van der Waals surface area (Å²) in [6.07, 6.45) is 1.72. The van der Waals surface area contributed by atoms with Crippen molar-refractivity contribution >= 4 is 10.0 Å². The molecule has 0 aromatic rings. The van der Waals surface area contributed by atoms with Crippen LogP contribution in [0, 0.1) is 5.92 Å². The van der Waals surface area contributed by atoms with E-state index in [9.17, 15) is 8.42 Å². The van der Waals surface area contributed by atoms with Gasteiger partial charge in [0.15, 0.2) is 0 Å². The number of aliphatic hydroxyl groups is 1. The maximum absolute atomic E-state index is 10.6. The number of aliphatic hydroxyl groups excluding tert-OH is 1. The number of nitrogens with two attached hydrogens (primary N) is 1. The van der Waals surface area contributed by atoms with E-state index in [0.717, 1.165) is 19.4 Å². The largest absolute Gasteiger partial charge is 0.396 e. The molecule has 0 amide bonds. The molecule has 0 spiro atoms. The first-order chi connectivity index (χ1) is 6.49. The summed E-state index contributed by atoms with van der Waals surface area (Å²) in [5.41, 5.74) is 0. The third-order valence-electron chi connectivity index (χ3n) is 2.11. The normalized spacial score (nSPS) is 14.2. The maximum atomic E-state index is 10.6. The van der Waals surface area contributed by atoms with Crippen molar-refractivity contribution in [3.05, 3.63) is 0 Å². The number of sulfonamides is 1. The zero-order valence-corrected chi connectivity index (χ0v) is 9.39. The van der Waals surface area contributed by atoms with Crippen LogP contribution in [0.1, 0.15) is 19.8 Å². The highest BCUT2D eigenvalue weighted by molar-refractivity contribution is 7.89. The van der Waals surface area contributed by atoms with Crippen molar-refractivity contribution in [2.45, 2.75) is 19.8 Å². The van der Waals surface area contributed by atoms with Gasteiger partial charge in [0.1, 0.15) is 0 Å². The molecule has 0 radical (unpaired) electrons. The van der Waals surface area contributed by atoms with Crippen LogP contribution in [0.4, 0.5) is 0 Å². The van der Waals surface area contributed by atoms with Crippen LogP contribution < -0.4 is 10.5 Å². The van der Waals surface area contributed by atoms with Crippen molar-refractivity contribution in [3.63, 3.8) is 0 Å². The molecule has 86 valence electrons. The van der Waals surface area contributed by atoms with Gasteiger partial charge in [0.05, 0.1) is 5.75 Å². The summed E-state index contributed by atoms with van der Waals surface area (Å²) in [6.45, 7) is 3.32. The molecule has 0 rings (SSSR count). The van der Waals surface area contributed by atoms with Gasteiger partial charge in [-0.25, -0.2) is 13.6 Å². The third kappa shape index (κ3) is 8.43. The summed E-state index contributed by atoms with van der Waals surface area (Å²) in [7, 11) is -3.35. The number of primary sulfonamides is 1. The molecule has 0 saturated heterocycles. The van der Waals surface area contributed by atoms with Gasteiger partial charge in [-0.1, -0.05) is 13.3 Å². The van der Waals surface area contributed by atoms with Crippen LogP contribution in [0.15, 0.2) is 0 Å². The smallest absolute Gasteiger partial charge is 0.210 e. The number of hydrogen-bond donors (Lipinski definition) is 3. The van der Waals surface area contributed by atoms with Crippen molar-refractivity contribution in [2.75, 3.05) is 25.4 Å². The minimum absolute atomic E-state index is 0.0391. The van der Waals surface area contributed by atoms with Gasteiger partial charge in [0.25, 0.3) is 0 Å². The fourth-order valence-electron chi connectivity index (χ4n) is 1.15. The van der Waals surface area contributed by atoms with Crippen LogP contribution in [0.5, 0.6) is 0 Å².